The fourth-order valence-corrected chi connectivity index (χ4v) is 2.31. The zero-order valence-corrected chi connectivity index (χ0v) is 12.8. The number of oxazole rings is 1. The maximum absolute atomic E-state index is 12.4. The summed E-state index contributed by atoms with van der Waals surface area (Å²) in [5.41, 5.74) is -0.128. The molecule has 0 aliphatic rings. The molecule has 7 nitrogen and oxygen atoms in total. The van der Waals surface area contributed by atoms with Gasteiger partial charge in [-0.3, -0.25) is 14.0 Å². The Morgan fingerprint density at radius 1 is 1.24 bits per heavy atom. The lowest BCUT2D eigenvalue weighted by atomic mass is 10.3. The highest BCUT2D eigenvalue weighted by Crippen LogP contribution is 2.27. The Bertz CT molecular complexity index is 955. The van der Waals surface area contributed by atoms with Gasteiger partial charge >= 0.3 is 11.9 Å². The smallest absolute Gasteiger partial charge is 0.408 e. The summed E-state index contributed by atoms with van der Waals surface area (Å²) >= 11 is 0. The van der Waals surface area contributed by atoms with E-state index in [1.165, 1.54) is 10.8 Å². The van der Waals surface area contributed by atoms with Gasteiger partial charge in [0.05, 0.1) is 12.1 Å². The van der Waals surface area contributed by atoms with Gasteiger partial charge in [-0.1, -0.05) is 12.1 Å². The van der Waals surface area contributed by atoms with E-state index in [1.807, 2.05) is 0 Å². The molecule has 1 aromatic carbocycles. The molecule has 0 spiro atoms. The predicted octanol–water partition coefficient (Wildman–Crippen LogP) is 1.63. The fourth-order valence-electron chi connectivity index (χ4n) is 2.31. The van der Waals surface area contributed by atoms with Crippen molar-refractivity contribution in [2.45, 2.75) is 19.3 Å². The van der Waals surface area contributed by atoms with Crippen molar-refractivity contribution in [3.05, 3.63) is 52.8 Å². The minimum Gasteiger partial charge on any atom is -0.408 e. The molecule has 0 aliphatic heterocycles. The predicted molar refractivity (Wildman–Crippen MR) is 80.7 cm³/mol. The second-order valence-electron chi connectivity index (χ2n) is 5.23. The lowest BCUT2D eigenvalue weighted by Gasteiger charge is -2.06. The summed E-state index contributed by atoms with van der Waals surface area (Å²) in [6.07, 6.45) is -3.32. The van der Waals surface area contributed by atoms with Gasteiger partial charge in [0.2, 0.25) is 5.91 Å². The molecule has 10 heteroatoms. The molecular formula is C15H13F3N4O3. The van der Waals surface area contributed by atoms with Gasteiger partial charge in [0.15, 0.2) is 11.3 Å². The van der Waals surface area contributed by atoms with Gasteiger partial charge in [0, 0.05) is 12.7 Å². The number of halogens is 3. The van der Waals surface area contributed by atoms with Crippen molar-refractivity contribution >= 4 is 17.0 Å². The second-order valence-corrected chi connectivity index (χ2v) is 5.23. The number of alkyl halides is 3. The van der Waals surface area contributed by atoms with Crippen LogP contribution in [0.25, 0.3) is 11.1 Å². The molecule has 0 unspecified atom stereocenters. The summed E-state index contributed by atoms with van der Waals surface area (Å²) < 4.78 is 44.6. The number of nitrogens with zero attached hydrogens (tertiary/aromatic N) is 3. The van der Waals surface area contributed by atoms with Crippen LogP contribution in [0.15, 0.2) is 45.7 Å². The van der Waals surface area contributed by atoms with E-state index >= 15 is 0 Å². The van der Waals surface area contributed by atoms with Crippen molar-refractivity contribution in [3.8, 4) is 0 Å². The van der Waals surface area contributed by atoms with E-state index in [0.717, 1.165) is 10.7 Å². The first kappa shape index (κ1) is 16.8. The molecule has 0 bridgehead atoms. The molecule has 0 saturated carbocycles. The van der Waals surface area contributed by atoms with Crippen LogP contribution in [0.4, 0.5) is 13.2 Å². The highest BCUT2D eigenvalue weighted by atomic mass is 19.4. The third-order valence-corrected chi connectivity index (χ3v) is 3.47. The standard InChI is InChI=1S/C15H13F3N4O3/c16-15(17,18)12-5-7-21(20-12)8-6-19-13(23)9-22-10-3-1-2-4-11(10)25-14(22)24/h1-5,7H,6,8-9H2,(H,19,23). The van der Waals surface area contributed by atoms with Gasteiger partial charge in [-0.05, 0) is 18.2 Å². The topological polar surface area (TPSA) is 82.1 Å². The van der Waals surface area contributed by atoms with Crippen LogP contribution in [0.3, 0.4) is 0 Å². The van der Waals surface area contributed by atoms with Crippen molar-refractivity contribution in [1.29, 1.82) is 0 Å². The average molecular weight is 354 g/mol. The molecule has 1 amide bonds. The van der Waals surface area contributed by atoms with Crippen LogP contribution in [0.1, 0.15) is 5.69 Å². The van der Waals surface area contributed by atoms with Gasteiger partial charge in [-0.15, -0.1) is 0 Å². The lowest BCUT2D eigenvalue weighted by Crippen LogP contribution is -2.33. The number of fused-ring (bicyclic) bond motifs is 1. The molecule has 132 valence electrons. The van der Waals surface area contributed by atoms with Crippen LogP contribution in [-0.2, 0) is 24.1 Å². The van der Waals surface area contributed by atoms with Crippen molar-refractivity contribution in [2.75, 3.05) is 6.54 Å². The number of rotatable bonds is 5. The normalized spacial score (nSPS) is 11.8. The van der Waals surface area contributed by atoms with Crippen LogP contribution >= 0.6 is 0 Å². The van der Waals surface area contributed by atoms with E-state index in [2.05, 4.69) is 10.4 Å². The monoisotopic (exact) mass is 354 g/mol. The largest absolute Gasteiger partial charge is 0.435 e. The molecule has 2 aromatic heterocycles. The Balaban J connectivity index is 1.57. The Hall–Kier alpha value is -3.04. The molecule has 0 radical (unpaired) electrons. The van der Waals surface area contributed by atoms with Crippen molar-refractivity contribution in [2.24, 2.45) is 0 Å². The molecule has 0 saturated heterocycles. The Morgan fingerprint density at radius 3 is 2.72 bits per heavy atom. The third kappa shape index (κ3) is 3.73. The molecule has 0 aliphatic carbocycles. The Labute approximate surface area is 138 Å². The summed E-state index contributed by atoms with van der Waals surface area (Å²) in [4.78, 5) is 23.7. The minimum atomic E-state index is -4.50. The lowest BCUT2D eigenvalue weighted by molar-refractivity contribution is -0.141. The first-order chi connectivity index (χ1) is 11.8. The van der Waals surface area contributed by atoms with Crippen LogP contribution in [0.5, 0.6) is 0 Å². The summed E-state index contributed by atoms with van der Waals surface area (Å²) in [5, 5.41) is 5.91. The molecular weight excluding hydrogens is 341 g/mol. The van der Waals surface area contributed by atoms with Gasteiger partial charge in [0.1, 0.15) is 6.54 Å². The van der Waals surface area contributed by atoms with Gasteiger partial charge in [0.25, 0.3) is 0 Å². The third-order valence-electron chi connectivity index (χ3n) is 3.47. The number of carbonyl (C=O) groups excluding carboxylic acids is 1. The molecule has 3 rings (SSSR count). The van der Waals surface area contributed by atoms with E-state index < -0.39 is 23.5 Å². The SMILES string of the molecule is O=C(Cn1c(=O)oc2ccccc21)NCCn1ccc(C(F)(F)F)n1. The second kappa shape index (κ2) is 6.46. The molecule has 0 atom stereocenters. The highest BCUT2D eigenvalue weighted by molar-refractivity contribution is 5.79. The Morgan fingerprint density at radius 2 is 2.00 bits per heavy atom. The molecule has 25 heavy (non-hydrogen) atoms. The van der Waals surface area contributed by atoms with E-state index in [1.54, 1.807) is 24.3 Å². The van der Waals surface area contributed by atoms with Crippen LogP contribution in [0, 0.1) is 0 Å². The van der Waals surface area contributed by atoms with Crippen molar-refractivity contribution in [1.82, 2.24) is 19.7 Å². The van der Waals surface area contributed by atoms with E-state index in [4.69, 9.17) is 4.42 Å². The van der Waals surface area contributed by atoms with E-state index in [9.17, 15) is 22.8 Å². The number of benzene rings is 1. The van der Waals surface area contributed by atoms with E-state index in [-0.39, 0.29) is 19.6 Å². The minimum absolute atomic E-state index is 0.0718. The first-order valence-electron chi connectivity index (χ1n) is 7.30. The number of nitrogens with one attached hydrogen (secondary N) is 1. The summed E-state index contributed by atoms with van der Waals surface area (Å²) in [7, 11) is 0. The van der Waals surface area contributed by atoms with Crippen molar-refractivity contribution in [3.63, 3.8) is 0 Å². The number of hydrogen-bond donors (Lipinski definition) is 1. The number of hydrogen-bond acceptors (Lipinski definition) is 4. The molecule has 3 aromatic rings. The van der Waals surface area contributed by atoms with Crippen molar-refractivity contribution < 1.29 is 22.4 Å². The van der Waals surface area contributed by atoms with Gasteiger partial charge < -0.3 is 9.73 Å². The summed E-state index contributed by atoms with van der Waals surface area (Å²) in [5.74, 6) is -1.12. The first-order valence-corrected chi connectivity index (χ1v) is 7.30. The maximum Gasteiger partial charge on any atom is 0.435 e. The zero-order valence-electron chi connectivity index (χ0n) is 12.8. The van der Waals surface area contributed by atoms with Crippen LogP contribution in [-0.4, -0.2) is 26.8 Å². The highest BCUT2D eigenvalue weighted by Gasteiger charge is 2.33. The fraction of sp³-hybridized carbons (Fsp3) is 0.267. The zero-order chi connectivity index (χ0) is 18.0. The molecule has 0 fully saturated rings. The van der Waals surface area contributed by atoms with Crippen LogP contribution < -0.4 is 11.1 Å². The number of para-hydroxylation sites is 2. The van der Waals surface area contributed by atoms with Crippen LogP contribution in [0.2, 0.25) is 0 Å². The summed E-state index contributed by atoms with van der Waals surface area (Å²) in [6.45, 7) is -0.103. The maximum atomic E-state index is 12.4. The Kier molecular flexibility index (Phi) is 4.34. The van der Waals surface area contributed by atoms with E-state index in [0.29, 0.717) is 11.1 Å². The number of aromatic nitrogens is 3. The number of carbonyl (C=O) groups is 1. The molecule has 1 N–H and O–H groups in total. The average Bonchev–Trinajstić information content (AvgIpc) is 3.13. The number of amides is 1. The molecule has 2 heterocycles. The quantitative estimate of drug-likeness (QED) is 0.755. The van der Waals surface area contributed by atoms with Gasteiger partial charge in [-0.2, -0.15) is 18.3 Å². The summed E-state index contributed by atoms with van der Waals surface area (Å²) in [6, 6.07) is 7.53. The van der Waals surface area contributed by atoms with Gasteiger partial charge in [-0.25, -0.2) is 4.79 Å².